The Labute approximate surface area is 144 Å². The van der Waals surface area contributed by atoms with Crippen LogP contribution in [0.25, 0.3) is 11.0 Å². The number of aryl methyl sites for hydroxylation is 1. The molecule has 2 N–H and O–H groups in total. The van der Waals surface area contributed by atoms with Crippen LogP contribution in [-0.4, -0.2) is 33.5 Å². The maximum atomic E-state index is 10.1. The van der Waals surface area contributed by atoms with E-state index in [-0.39, 0.29) is 6.61 Å². The molecule has 3 rings (SSSR count). The van der Waals surface area contributed by atoms with Crippen molar-refractivity contribution in [1.29, 1.82) is 5.26 Å². The van der Waals surface area contributed by atoms with Gasteiger partial charge in [-0.05, 0) is 48.9 Å². The molecule has 3 aromatic rings. The fourth-order valence-electron chi connectivity index (χ4n) is 2.21. The van der Waals surface area contributed by atoms with Crippen molar-refractivity contribution in [3.05, 3.63) is 53.6 Å². The number of aliphatic hydroxyl groups excluding tert-OH is 1. The number of nitrogens with zero attached hydrogens (tertiary/aromatic N) is 2. The number of ether oxygens (including phenoxy) is 1. The normalized spacial score (nSPS) is 12.0. The first kappa shape index (κ1) is 16.4. The molecule has 2 aromatic carbocycles. The van der Waals surface area contributed by atoms with Crippen LogP contribution in [0.1, 0.15) is 11.1 Å². The number of thioether (sulfide) groups is 1. The van der Waals surface area contributed by atoms with Crippen LogP contribution in [0, 0.1) is 18.3 Å². The van der Waals surface area contributed by atoms with Crippen molar-refractivity contribution in [2.75, 3.05) is 12.4 Å². The van der Waals surface area contributed by atoms with Crippen LogP contribution in [0.15, 0.2) is 47.6 Å². The van der Waals surface area contributed by atoms with Gasteiger partial charge < -0.3 is 14.8 Å². The number of aromatic nitrogens is 2. The third-order valence-electron chi connectivity index (χ3n) is 3.45. The molecule has 6 heteroatoms. The Kier molecular flexibility index (Phi) is 5.04. The van der Waals surface area contributed by atoms with E-state index in [0.29, 0.717) is 17.1 Å². The van der Waals surface area contributed by atoms with E-state index in [9.17, 15) is 5.11 Å². The van der Waals surface area contributed by atoms with Crippen molar-refractivity contribution in [2.45, 2.75) is 18.2 Å². The van der Waals surface area contributed by atoms with Gasteiger partial charge in [0.1, 0.15) is 12.4 Å². The average Bonchev–Trinajstić information content (AvgIpc) is 3.00. The second-order valence-electron chi connectivity index (χ2n) is 5.47. The Morgan fingerprint density at radius 3 is 2.83 bits per heavy atom. The molecule has 1 atom stereocenters. The maximum Gasteiger partial charge on any atom is 0.166 e. The Morgan fingerprint density at radius 2 is 2.08 bits per heavy atom. The summed E-state index contributed by atoms with van der Waals surface area (Å²) in [6.07, 6.45) is -0.611. The van der Waals surface area contributed by atoms with Gasteiger partial charge in [-0.25, -0.2) is 4.98 Å². The van der Waals surface area contributed by atoms with E-state index >= 15 is 0 Å². The second kappa shape index (κ2) is 7.39. The van der Waals surface area contributed by atoms with E-state index in [1.807, 2.05) is 19.1 Å². The molecular weight excluding hydrogens is 322 g/mol. The van der Waals surface area contributed by atoms with E-state index < -0.39 is 6.10 Å². The number of benzene rings is 2. The van der Waals surface area contributed by atoms with Gasteiger partial charge in [0, 0.05) is 5.75 Å². The van der Waals surface area contributed by atoms with Crippen LogP contribution in [0.3, 0.4) is 0 Å². The molecule has 0 aliphatic carbocycles. The van der Waals surface area contributed by atoms with Gasteiger partial charge >= 0.3 is 0 Å². The fraction of sp³-hybridized carbons (Fsp3) is 0.222. The number of aliphatic hydroxyl groups is 1. The van der Waals surface area contributed by atoms with Crippen molar-refractivity contribution >= 4 is 22.8 Å². The highest BCUT2D eigenvalue weighted by molar-refractivity contribution is 7.99. The van der Waals surface area contributed by atoms with E-state index in [1.54, 1.807) is 24.3 Å². The lowest BCUT2D eigenvalue weighted by atomic mass is 10.2. The number of H-pyrrole nitrogens is 1. The largest absolute Gasteiger partial charge is 0.491 e. The summed E-state index contributed by atoms with van der Waals surface area (Å²) in [4.78, 5) is 7.74. The molecule has 0 spiro atoms. The Bertz CT molecular complexity index is 868. The van der Waals surface area contributed by atoms with Gasteiger partial charge in [-0.3, -0.25) is 0 Å². The van der Waals surface area contributed by atoms with Gasteiger partial charge in [-0.15, -0.1) is 0 Å². The molecule has 122 valence electrons. The molecule has 24 heavy (non-hydrogen) atoms. The number of fused-ring (bicyclic) bond motifs is 1. The van der Waals surface area contributed by atoms with Gasteiger partial charge in [0.15, 0.2) is 5.16 Å². The first-order chi connectivity index (χ1) is 11.6. The number of rotatable bonds is 6. The van der Waals surface area contributed by atoms with E-state index in [2.05, 4.69) is 22.1 Å². The number of nitriles is 1. The Morgan fingerprint density at radius 1 is 1.29 bits per heavy atom. The topological polar surface area (TPSA) is 81.9 Å². The van der Waals surface area contributed by atoms with Gasteiger partial charge in [0.2, 0.25) is 0 Å². The van der Waals surface area contributed by atoms with Gasteiger partial charge in [-0.1, -0.05) is 17.8 Å². The van der Waals surface area contributed by atoms with Crippen LogP contribution < -0.4 is 4.74 Å². The quantitative estimate of drug-likeness (QED) is 0.674. The van der Waals surface area contributed by atoms with E-state index in [4.69, 9.17) is 10.00 Å². The lowest BCUT2D eigenvalue weighted by Crippen LogP contribution is -2.20. The highest BCUT2D eigenvalue weighted by Gasteiger charge is 2.09. The summed E-state index contributed by atoms with van der Waals surface area (Å²) in [6.45, 7) is 2.23. The molecule has 1 aromatic heterocycles. The Balaban J connectivity index is 1.50. The van der Waals surface area contributed by atoms with Crippen LogP contribution >= 0.6 is 11.8 Å². The molecule has 0 amide bonds. The molecule has 0 saturated carbocycles. The van der Waals surface area contributed by atoms with Crippen molar-refractivity contribution in [3.8, 4) is 11.8 Å². The molecule has 1 heterocycles. The number of hydrogen-bond donors (Lipinski definition) is 2. The number of aromatic amines is 1. The van der Waals surface area contributed by atoms with Gasteiger partial charge in [0.25, 0.3) is 0 Å². The minimum Gasteiger partial charge on any atom is -0.491 e. The molecule has 0 bridgehead atoms. The number of imidazole rings is 1. The Hall–Kier alpha value is -2.49. The molecule has 0 aliphatic rings. The molecule has 1 unspecified atom stereocenters. The fourth-order valence-corrected chi connectivity index (χ4v) is 3.00. The molecule has 0 aliphatic heterocycles. The lowest BCUT2D eigenvalue weighted by molar-refractivity contribution is 0.126. The van der Waals surface area contributed by atoms with Crippen molar-refractivity contribution in [1.82, 2.24) is 9.97 Å². The highest BCUT2D eigenvalue weighted by atomic mass is 32.2. The minimum absolute atomic E-state index is 0.193. The van der Waals surface area contributed by atoms with Gasteiger partial charge in [0.05, 0.1) is 28.8 Å². The lowest BCUT2D eigenvalue weighted by Gasteiger charge is -2.11. The zero-order valence-electron chi connectivity index (χ0n) is 13.2. The predicted octanol–water partition coefficient (Wildman–Crippen LogP) is 3.28. The molecule has 0 radical (unpaired) electrons. The minimum atomic E-state index is -0.611. The molecule has 0 fully saturated rings. The monoisotopic (exact) mass is 339 g/mol. The third kappa shape index (κ3) is 4.07. The van der Waals surface area contributed by atoms with Crippen molar-refractivity contribution < 1.29 is 9.84 Å². The van der Waals surface area contributed by atoms with Gasteiger partial charge in [-0.2, -0.15) is 5.26 Å². The highest BCUT2D eigenvalue weighted by Crippen LogP contribution is 2.21. The van der Waals surface area contributed by atoms with Crippen molar-refractivity contribution in [2.24, 2.45) is 0 Å². The summed E-state index contributed by atoms with van der Waals surface area (Å²) in [6, 6.07) is 14.9. The summed E-state index contributed by atoms with van der Waals surface area (Å²) in [5.41, 5.74) is 3.68. The number of nitrogens with one attached hydrogen (secondary N) is 1. The van der Waals surface area contributed by atoms with Crippen LogP contribution in [0.5, 0.6) is 5.75 Å². The first-order valence-corrected chi connectivity index (χ1v) is 8.53. The maximum absolute atomic E-state index is 10.1. The van der Waals surface area contributed by atoms with E-state index in [1.165, 1.54) is 17.3 Å². The standard InChI is InChI=1S/C18H17N3O2S/c1-12-2-7-16-17(8-12)21-18(20-16)24-11-14(22)10-23-15-5-3-13(9-19)4-6-15/h2-8,14,22H,10-11H2,1H3,(H,20,21). The smallest absolute Gasteiger partial charge is 0.166 e. The first-order valence-electron chi connectivity index (χ1n) is 7.54. The molecule has 0 saturated heterocycles. The summed E-state index contributed by atoms with van der Waals surface area (Å²) >= 11 is 1.46. The molecular formula is C18H17N3O2S. The SMILES string of the molecule is Cc1ccc2nc(SCC(O)COc3ccc(C#N)cc3)[nH]c2c1. The zero-order chi connectivity index (χ0) is 16.9. The average molecular weight is 339 g/mol. The number of hydrogen-bond acceptors (Lipinski definition) is 5. The zero-order valence-corrected chi connectivity index (χ0v) is 14.0. The summed E-state index contributed by atoms with van der Waals surface area (Å²) in [5.74, 6) is 1.12. The summed E-state index contributed by atoms with van der Waals surface area (Å²) < 4.78 is 5.53. The second-order valence-corrected chi connectivity index (χ2v) is 6.48. The van der Waals surface area contributed by atoms with E-state index in [0.717, 1.165) is 16.2 Å². The van der Waals surface area contributed by atoms with Crippen LogP contribution in [0.2, 0.25) is 0 Å². The third-order valence-corrected chi connectivity index (χ3v) is 4.47. The summed E-state index contributed by atoms with van der Waals surface area (Å²) in [7, 11) is 0. The predicted molar refractivity (Wildman–Crippen MR) is 94.2 cm³/mol. The van der Waals surface area contributed by atoms with Crippen molar-refractivity contribution in [3.63, 3.8) is 0 Å². The molecule has 5 nitrogen and oxygen atoms in total. The van der Waals surface area contributed by atoms with Crippen LogP contribution in [0.4, 0.5) is 0 Å². The van der Waals surface area contributed by atoms with Crippen LogP contribution in [-0.2, 0) is 0 Å². The summed E-state index contributed by atoms with van der Waals surface area (Å²) in [5, 5.41) is 19.6.